The van der Waals surface area contributed by atoms with Crippen LogP contribution in [0.1, 0.15) is 20.7 Å². The Morgan fingerprint density at radius 3 is 2.45 bits per heavy atom. The summed E-state index contributed by atoms with van der Waals surface area (Å²) in [5, 5.41) is 11.4. The number of benzene rings is 2. The second-order valence-corrected chi connectivity index (χ2v) is 4.79. The standard InChI is InChI=1S/C14H9BrFNO3/c15-10-7-8(14(19)20)5-6-12(10)17-13(18)9-3-1-2-4-11(9)16/h1-7H,(H,17,18)(H,19,20). The largest absolute Gasteiger partial charge is 0.478 e. The van der Waals surface area contributed by atoms with Gasteiger partial charge in [-0.15, -0.1) is 0 Å². The molecule has 0 aliphatic rings. The van der Waals surface area contributed by atoms with Crippen LogP contribution in [0.15, 0.2) is 46.9 Å². The first kappa shape index (κ1) is 14.2. The molecule has 20 heavy (non-hydrogen) atoms. The Morgan fingerprint density at radius 2 is 1.85 bits per heavy atom. The fourth-order valence-corrected chi connectivity index (χ4v) is 2.06. The van der Waals surface area contributed by atoms with Crippen LogP contribution in [-0.2, 0) is 0 Å². The predicted octanol–water partition coefficient (Wildman–Crippen LogP) is 3.54. The zero-order chi connectivity index (χ0) is 14.7. The van der Waals surface area contributed by atoms with Crippen molar-refractivity contribution in [3.63, 3.8) is 0 Å². The van der Waals surface area contributed by atoms with Gasteiger partial charge in [0.15, 0.2) is 0 Å². The number of carbonyl (C=O) groups is 2. The Labute approximate surface area is 122 Å². The lowest BCUT2D eigenvalue weighted by atomic mass is 10.1. The fraction of sp³-hybridized carbons (Fsp3) is 0. The Bertz CT molecular complexity index is 688. The molecule has 2 rings (SSSR count). The first-order chi connectivity index (χ1) is 9.49. The summed E-state index contributed by atoms with van der Waals surface area (Å²) in [6, 6.07) is 9.75. The van der Waals surface area contributed by atoms with Crippen LogP contribution < -0.4 is 5.32 Å². The van der Waals surface area contributed by atoms with E-state index in [9.17, 15) is 14.0 Å². The van der Waals surface area contributed by atoms with Gasteiger partial charge in [-0.1, -0.05) is 12.1 Å². The summed E-state index contributed by atoms with van der Waals surface area (Å²) < 4.78 is 13.9. The Kier molecular flexibility index (Phi) is 4.14. The lowest BCUT2D eigenvalue weighted by Gasteiger charge is -2.08. The van der Waals surface area contributed by atoms with Gasteiger partial charge in [0.05, 0.1) is 16.8 Å². The average molecular weight is 338 g/mol. The number of carbonyl (C=O) groups excluding carboxylic acids is 1. The smallest absolute Gasteiger partial charge is 0.335 e. The van der Waals surface area contributed by atoms with Crippen LogP contribution in [0.4, 0.5) is 10.1 Å². The van der Waals surface area contributed by atoms with Crippen molar-refractivity contribution in [1.82, 2.24) is 0 Å². The number of anilines is 1. The summed E-state index contributed by atoms with van der Waals surface area (Å²) in [6.07, 6.45) is 0. The van der Waals surface area contributed by atoms with Gasteiger partial charge in [0.2, 0.25) is 0 Å². The molecule has 0 bridgehead atoms. The molecule has 0 radical (unpaired) electrons. The van der Waals surface area contributed by atoms with Gasteiger partial charge in [0.25, 0.3) is 5.91 Å². The first-order valence-corrected chi connectivity index (χ1v) is 6.37. The number of hydrogen-bond donors (Lipinski definition) is 2. The van der Waals surface area contributed by atoms with E-state index < -0.39 is 17.7 Å². The molecule has 2 aromatic rings. The lowest BCUT2D eigenvalue weighted by molar-refractivity contribution is 0.0696. The molecule has 1 amide bonds. The van der Waals surface area contributed by atoms with Crippen LogP contribution >= 0.6 is 15.9 Å². The van der Waals surface area contributed by atoms with Gasteiger partial charge in [0.1, 0.15) is 5.82 Å². The SMILES string of the molecule is O=C(O)c1ccc(NC(=O)c2ccccc2F)c(Br)c1. The monoisotopic (exact) mass is 337 g/mol. The summed E-state index contributed by atoms with van der Waals surface area (Å²) in [6.45, 7) is 0. The minimum Gasteiger partial charge on any atom is -0.478 e. The van der Waals surface area contributed by atoms with E-state index in [0.29, 0.717) is 10.2 Å². The van der Waals surface area contributed by atoms with E-state index in [1.165, 1.54) is 36.4 Å². The van der Waals surface area contributed by atoms with Crippen LogP contribution in [-0.4, -0.2) is 17.0 Å². The van der Waals surface area contributed by atoms with E-state index in [1.807, 2.05) is 0 Å². The average Bonchev–Trinajstić information content (AvgIpc) is 2.41. The molecule has 0 heterocycles. The molecular weight excluding hydrogens is 329 g/mol. The number of nitrogens with one attached hydrogen (secondary N) is 1. The molecule has 0 atom stereocenters. The van der Waals surface area contributed by atoms with Crippen LogP contribution in [0.2, 0.25) is 0 Å². The van der Waals surface area contributed by atoms with Crippen molar-refractivity contribution in [2.24, 2.45) is 0 Å². The normalized spacial score (nSPS) is 10.1. The highest BCUT2D eigenvalue weighted by Gasteiger charge is 2.13. The van der Waals surface area contributed by atoms with E-state index in [2.05, 4.69) is 21.2 Å². The van der Waals surface area contributed by atoms with Crippen molar-refractivity contribution in [2.75, 3.05) is 5.32 Å². The predicted molar refractivity (Wildman–Crippen MR) is 75.5 cm³/mol. The van der Waals surface area contributed by atoms with Crippen molar-refractivity contribution < 1.29 is 19.1 Å². The van der Waals surface area contributed by atoms with E-state index in [-0.39, 0.29) is 11.1 Å². The zero-order valence-corrected chi connectivity index (χ0v) is 11.6. The second kappa shape index (κ2) is 5.83. The fourth-order valence-electron chi connectivity index (χ4n) is 1.58. The number of halogens is 2. The van der Waals surface area contributed by atoms with Crippen molar-refractivity contribution in [3.8, 4) is 0 Å². The first-order valence-electron chi connectivity index (χ1n) is 5.58. The molecule has 0 spiro atoms. The number of rotatable bonds is 3. The van der Waals surface area contributed by atoms with Gasteiger partial charge in [0, 0.05) is 4.47 Å². The van der Waals surface area contributed by atoms with Crippen LogP contribution in [0.3, 0.4) is 0 Å². The summed E-state index contributed by atoms with van der Waals surface area (Å²) >= 11 is 3.16. The van der Waals surface area contributed by atoms with Gasteiger partial charge in [-0.05, 0) is 46.3 Å². The maximum absolute atomic E-state index is 13.5. The molecule has 0 saturated heterocycles. The maximum atomic E-state index is 13.5. The molecule has 6 heteroatoms. The quantitative estimate of drug-likeness (QED) is 0.900. The van der Waals surface area contributed by atoms with Gasteiger partial charge in [-0.3, -0.25) is 4.79 Å². The molecule has 0 unspecified atom stereocenters. The van der Waals surface area contributed by atoms with E-state index in [4.69, 9.17) is 5.11 Å². The number of carboxylic acids is 1. The molecule has 0 fully saturated rings. The third-order valence-corrected chi connectivity index (χ3v) is 3.24. The Balaban J connectivity index is 2.25. The molecule has 0 aliphatic carbocycles. The third kappa shape index (κ3) is 3.03. The highest BCUT2D eigenvalue weighted by Crippen LogP contribution is 2.24. The number of aromatic carboxylic acids is 1. The molecule has 2 aromatic carbocycles. The van der Waals surface area contributed by atoms with Gasteiger partial charge in [-0.2, -0.15) is 0 Å². The molecule has 0 saturated carbocycles. The third-order valence-electron chi connectivity index (χ3n) is 2.58. The lowest BCUT2D eigenvalue weighted by Crippen LogP contribution is -2.14. The van der Waals surface area contributed by atoms with Crippen molar-refractivity contribution in [1.29, 1.82) is 0 Å². The topological polar surface area (TPSA) is 66.4 Å². The summed E-state index contributed by atoms with van der Waals surface area (Å²) in [5.74, 6) is -2.30. The van der Waals surface area contributed by atoms with Crippen molar-refractivity contribution in [3.05, 3.63) is 63.9 Å². The van der Waals surface area contributed by atoms with Crippen molar-refractivity contribution in [2.45, 2.75) is 0 Å². The number of carboxylic acid groups (broad SMARTS) is 1. The summed E-state index contributed by atoms with van der Waals surface area (Å²) in [5.41, 5.74) is 0.366. The van der Waals surface area contributed by atoms with E-state index >= 15 is 0 Å². The van der Waals surface area contributed by atoms with Crippen LogP contribution in [0.25, 0.3) is 0 Å². The number of hydrogen-bond acceptors (Lipinski definition) is 2. The van der Waals surface area contributed by atoms with Crippen LogP contribution in [0, 0.1) is 5.82 Å². The van der Waals surface area contributed by atoms with Gasteiger partial charge in [-0.25, -0.2) is 9.18 Å². The van der Waals surface area contributed by atoms with E-state index in [0.717, 1.165) is 0 Å². The minimum absolute atomic E-state index is 0.0817. The van der Waals surface area contributed by atoms with Crippen LogP contribution in [0.5, 0.6) is 0 Å². The molecule has 2 N–H and O–H groups in total. The highest BCUT2D eigenvalue weighted by molar-refractivity contribution is 9.10. The maximum Gasteiger partial charge on any atom is 0.335 e. The molecule has 4 nitrogen and oxygen atoms in total. The molecule has 102 valence electrons. The molecule has 0 aliphatic heterocycles. The Hall–Kier alpha value is -2.21. The van der Waals surface area contributed by atoms with E-state index in [1.54, 1.807) is 6.07 Å². The second-order valence-electron chi connectivity index (χ2n) is 3.93. The minimum atomic E-state index is -1.07. The molecular formula is C14H9BrFNO3. The zero-order valence-electron chi connectivity index (χ0n) is 10.1. The summed E-state index contributed by atoms with van der Waals surface area (Å²) in [4.78, 5) is 22.7. The highest BCUT2D eigenvalue weighted by atomic mass is 79.9. The molecule has 0 aromatic heterocycles. The Morgan fingerprint density at radius 1 is 1.15 bits per heavy atom. The van der Waals surface area contributed by atoms with Gasteiger partial charge >= 0.3 is 5.97 Å². The van der Waals surface area contributed by atoms with Gasteiger partial charge < -0.3 is 10.4 Å². The summed E-state index contributed by atoms with van der Waals surface area (Å²) in [7, 11) is 0. The van der Waals surface area contributed by atoms with Crippen molar-refractivity contribution >= 4 is 33.5 Å². The number of amides is 1.